The molecule has 23 heavy (non-hydrogen) atoms. The molecule has 0 aliphatic carbocycles. The Labute approximate surface area is 131 Å². The van der Waals surface area contributed by atoms with Crippen LogP contribution in [-0.2, 0) is 11.2 Å². The van der Waals surface area contributed by atoms with Gasteiger partial charge < -0.3 is 10.2 Å². The van der Waals surface area contributed by atoms with Crippen molar-refractivity contribution in [2.75, 3.05) is 23.3 Å². The Balaban J connectivity index is 1.74. The zero-order chi connectivity index (χ0) is 16.4. The van der Waals surface area contributed by atoms with Gasteiger partial charge in [-0.1, -0.05) is 0 Å². The average Bonchev–Trinajstić information content (AvgIpc) is 2.49. The number of anilines is 2. The van der Waals surface area contributed by atoms with Gasteiger partial charge in [0.15, 0.2) is 0 Å². The molecule has 1 aliphatic heterocycles. The minimum absolute atomic E-state index is 0.0487. The van der Waals surface area contributed by atoms with Crippen LogP contribution in [0.4, 0.5) is 24.5 Å². The number of benzene rings is 2. The number of aryl methyl sites for hydroxylation is 1. The minimum Gasteiger partial charge on any atom is -0.360 e. The Morgan fingerprint density at radius 2 is 1.83 bits per heavy atom. The molecule has 2 aromatic carbocycles. The van der Waals surface area contributed by atoms with E-state index in [4.69, 9.17) is 0 Å². The van der Waals surface area contributed by atoms with Crippen LogP contribution in [0.1, 0.15) is 12.0 Å². The van der Waals surface area contributed by atoms with Gasteiger partial charge in [-0.05, 0) is 48.7 Å². The summed E-state index contributed by atoms with van der Waals surface area (Å²) < 4.78 is 40.2. The molecule has 1 aliphatic rings. The first kappa shape index (κ1) is 15.4. The van der Waals surface area contributed by atoms with Gasteiger partial charge in [0, 0.05) is 18.3 Å². The van der Waals surface area contributed by atoms with E-state index in [2.05, 4.69) is 5.32 Å². The number of amides is 1. The maximum absolute atomic E-state index is 14.0. The van der Waals surface area contributed by atoms with E-state index in [-0.39, 0.29) is 18.1 Å². The molecule has 1 heterocycles. The Kier molecular flexibility index (Phi) is 4.23. The molecule has 1 amide bonds. The number of nitrogens with one attached hydrogen (secondary N) is 1. The maximum Gasteiger partial charge on any atom is 0.243 e. The fourth-order valence-electron chi connectivity index (χ4n) is 2.80. The summed E-state index contributed by atoms with van der Waals surface area (Å²) in [7, 11) is 0. The summed E-state index contributed by atoms with van der Waals surface area (Å²) in [4.78, 5) is 13.7. The van der Waals surface area contributed by atoms with Crippen molar-refractivity contribution in [1.29, 1.82) is 0 Å². The SMILES string of the molecule is O=C(CN1CCCc2cc(F)cc(F)c21)Nc1ccc(F)cc1. The second-order valence-electron chi connectivity index (χ2n) is 5.48. The van der Waals surface area contributed by atoms with E-state index in [1.54, 1.807) is 4.90 Å². The molecule has 0 unspecified atom stereocenters. The highest BCUT2D eigenvalue weighted by atomic mass is 19.1. The summed E-state index contributed by atoms with van der Waals surface area (Å²) in [6.45, 7) is 0.472. The van der Waals surface area contributed by atoms with Crippen molar-refractivity contribution < 1.29 is 18.0 Å². The van der Waals surface area contributed by atoms with Crippen LogP contribution in [0, 0.1) is 17.5 Å². The standard InChI is InChI=1S/C17H15F3N2O/c18-12-3-5-14(6-4-12)21-16(23)10-22-7-1-2-11-8-13(19)9-15(20)17(11)22/h3-6,8-9H,1-2,7,10H2,(H,21,23). The van der Waals surface area contributed by atoms with E-state index in [1.165, 1.54) is 30.3 Å². The fourth-order valence-corrected chi connectivity index (χ4v) is 2.80. The van der Waals surface area contributed by atoms with Gasteiger partial charge in [0.2, 0.25) is 5.91 Å². The van der Waals surface area contributed by atoms with E-state index < -0.39 is 17.5 Å². The molecule has 0 bridgehead atoms. The third-order valence-corrected chi connectivity index (χ3v) is 3.76. The van der Waals surface area contributed by atoms with Crippen LogP contribution >= 0.6 is 0 Å². The zero-order valence-electron chi connectivity index (χ0n) is 12.3. The molecule has 0 radical (unpaired) electrons. The average molecular weight is 320 g/mol. The summed E-state index contributed by atoms with van der Waals surface area (Å²) in [6.07, 6.45) is 1.31. The van der Waals surface area contributed by atoms with Crippen LogP contribution in [0.2, 0.25) is 0 Å². The lowest BCUT2D eigenvalue weighted by molar-refractivity contribution is -0.115. The smallest absolute Gasteiger partial charge is 0.243 e. The number of hydrogen-bond acceptors (Lipinski definition) is 2. The summed E-state index contributed by atoms with van der Waals surface area (Å²) >= 11 is 0. The van der Waals surface area contributed by atoms with E-state index in [0.717, 1.165) is 12.5 Å². The van der Waals surface area contributed by atoms with Crippen LogP contribution < -0.4 is 10.2 Å². The highest BCUT2D eigenvalue weighted by molar-refractivity contribution is 5.94. The lowest BCUT2D eigenvalue weighted by Gasteiger charge is -2.31. The Morgan fingerprint density at radius 1 is 1.09 bits per heavy atom. The first-order valence-electron chi connectivity index (χ1n) is 7.31. The van der Waals surface area contributed by atoms with Crippen molar-refractivity contribution >= 4 is 17.3 Å². The number of hydrogen-bond donors (Lipinski definition) is 1. The van der Waals surface area contributed by atoms with Crippen molar-refractivity contribution in [2.24, 2.45) is 0 Å². The molecular weight excluding hydrogens is 305 g/mol. The molecule has 3 rings (SSSR count). The number of carbonyl (C=O) groups is 1. The summed E-state index contributed by atoms with van der Waals surface area (Å²) in [5.74, 6) is -2.00. The molecule has 0 saturated heterocycles. The van der Waals surface area contributed by atoms with Gasteiger partial charge in [0.25, 0.3) is 0 Å². The van der Waals surface area contributed by atoms with E-state index in [0.29, 0.717) is 24.2 Å². The van der Waals surface area contributed by atoms with Gasteiger partial charge in [-0.25, -0.2) is 13.2 Å². The normalized spacial score (nSPS) is 13.6. The zero-order valence-corrected chi connectivity index (χ0v) is 12.3. The Hall–Kier alpha value is -2.50. The quantitative estimate of drug-likeness (QED) is 0.939. The van der Waals surface area contributed by atoms with Crippen LogP contribution in [0.15, 0.2) is 36.4 Å². The fraction of sp³-hybridized carbons (Fsp3) is 0.235. The van der Waals surface area contributed by atoms with Crippen molar-refractivity contribution in [3.05, 3.63) is 59.4 Å². The minimum atomic E-state index is -0.658. The predicted octanol–water partition coefficient (Wildman–Crippen LogP) is 3.50. The topological polar surface area (TPSA) is 32.3 Å². The maximum atomic E-state index is 14.0. The third kappa shape index (κ3) is 3.47. The molecule has 6 heteroatoms. The predicted molar refractivity (Wildman–Crippen MR) is 81.9 cm³/mol. The van der Waals surface area contributed by atoms with Gasteiger partial charge in [0.1, 0.15) is 17.5 Å². The number of halogens is 3. The van der Waals surface area contributed by atoms with Crippen LogP contribution in [0.3, 0.4) is 0 Å². The van der Waals surface area contributed by atoms with Crippen LogP contribution in [0.5, 0.6) is 0 Å². The van der Waals surface area contributed by atoms with Gasteiger partial charge in [-0.3, -0.25) is 4.79 Å². The Morgan fingerprint density at radius 3 is 2.57 bits per heavy atom. The molecule has 0 saturated carbocycles. The van der Waals surface area contributed by atoms with Crippen molar-refractivity contribution in [3.8, 4) is 0 Å². The number of nitrogens with zero attached hydrogens (tertiary/aromatic N) is 1. The second-order valence-corrected chi connectivity index (χ2v) is 5.48. The van der Waals surface area contributed by atoms with E-state index in [9.17, 15) is 18.0 Å². The van der Waals surface area contributed by atoms with Gasteiger partial charge >= 0.3 is 0 Å². The molecule has 1 N–H and O–H groups in total. The number of fused-ring (bicyclic) bond motifs is 1. The molecule has 120 valence electrons. The van der Waals surface area contributed by atoms with Crippen LogP contribution in [-0.4, -0.2) is 19.0 Å². The van der Waals surface area contributed by atoms with Crippen molar-refractivity contribution in [2.45, 2.75) is 12.8 Å². The summed E-state index contributed by atoms with van der Waals surface area (Å²) in [6, 6.07) is 7.53. The number of rotatable bonds is 3. The van der Waals surface area contributed by atoms with E-state index in [1.807, 2.05) is 0 Å². The monoisotopic (exact) mass is 320 g/mol. The first-order chi connectivity index (χ1) is 11.0. The van der Waals surface area contributed by atoms with Gasteiger partial charge in [-0.15, -0.1) is 0 Å². The number of carbonyl (C=O) groups excluding carboxylic acids is 1. The van der Waals surface area contributed by atoms with Crippen molar-refractivity contribution in [3.63, 3.8) is 0 Å². The first-order valence-corrected chi connectivity index (χ1v) is 7.31. The third-order valence-electron chi connectivity index (χ3n) is 3.76. The lowest BCUT2D eigenvalue weighted by Crippen LogP contribution is -2.37. The molecule has 0 aromatic heterocycles. The van der Waals surface area contributed by atoms with Crippen molar-refractivity contribution in [1.82, 2.24) is 0 Å². The lowest BCUT2D eigenvalue weighted by atomic mass is 10.0. The van der Waals surface area contributed by atoms with Gasteiger partial charge in [0.05, 0.1) is 12.2 Å². The molecule has 0 spiro atoms. The molecular formula is C17H15F3N2O. The second kappa shape index (κ2) is 6.32. The highest BCUT2D eigenvalue weighted by Gasteiger charge is 2.23. The highest BCUT2D eigenvalue weighted by Crippen LogP contribution is 2.30. The molecule has 2 aromatic rings. The van der Waals surface area contributed by atoms with Crippen LogP contribution in [0.25, 0.3) is 0 Å². The molecule has 0 atom stereocenters. The van der Waals surface area contributed by atoms with Gasteiger partial charge in [-0.2, -0.15) is 0 Å². The molecule has 3 nitrogen and oxygen atoms in total. The summed E-state index contributed by atoms with van der Waals surface area (Å²) in [5.41, 5.74) is 1.32. The molecule has 0 fully saturated rings. The largest absolute Gasteiger partial charge is 0.360 e. The Bertz CT molecular complexity index is 731. The van der Waals surface area contributed by atoms with E-state index >= 15 is 0 Å². The summed E-state index contributed by atoms with van der Waals surface area (Å²) in [5, 5.41) is 2.63.